The monoisotopic (exact) mass is 303 g/mol. The van der Waals surface area contributed by atoms with Gasteiger partial charge in [-0.25, -0.2) is 0 Å². The van der Waals surface area contributed by atoms with Gasteiger partial charge in [0, 0.05) is 11.8 Å². The SMILES string of the molecule is CCNC1CCCC1CCSc1nnc(SC)s1. The van der Waals surface area contributed by atoms with Gasteiger partial charge >= 0.3 is 0 Å². The zero-order valence-corrected chi connectivity index (χ0v) is 13.5. The molecule has 1 N–H and O–H groups in total. The Morgan fingerprint density at radius 2 is 2.17 bits per heavy atom. The van der Waals surface area contributed by atoms with Gasteiger partial charge in [0.15, 0.2) is 8.68 Å². The average Bonchev–Trinajstić information content (AvgIpc) is 3.00. The Kier molecular flexibility index (Phi) is 6.28. The molecule has 1 aromatic rings. The second-order valence-corrected chi connectivity index (χ2v) is 7.90. The van der Waals surface area contributed by atoms with Gasteiger partial charge in [-0.05, 0) is 38.0 Å². The van der Waals surface area contributed by atoms with Gasteiger partial charge in [-0.15, -0.1) is 10.2 Å². The lowest BCUT2D eigenvalue weighted by Crippen LogP contribution is -2.32. The van der Waals surface area contributed by atoms with Gasteiger partial charge in [-0.1, -0.05) is 48.2 Å². The smallest absolute Gasteiger partial charge is 0.175 e. The number of rotatable bonds is 7. The molecule has 1 aliphatic rings. The minimum atomic E-state index is 0.756. The molecule has 0 bridgehead atoms. The zero-order valence-electron chi connectivity index (χ0n) is 11.0. The van der Waals surface area contributed by atoms with Crippen LogP contribution < -0.4 is 5.32 Å². The fourth-order valence-corrected chi connectivity index (χ4v) is 5.13. The van der Waals surface area contributed by atoms with Crippen molar-refractivity contribution in [1.29, 1.82) is 0 Å². The predicted octanol–water partition coefficient (Wildman–Crippen LogP) is 3.52. The van der Waals surface area contributed by atoms with Gasteiger partial charge < -0.3 is 5.32 Å². The van der Waals surface area contributed by atoms with Gasteiger partial charge in [0.25, 0.3) is 0 Å². The largest absolute Gasteiger partial charge is 0.314 e. The van der Waals surface area contributed by atoms with Crippen LogP contribution in [0.25, 0.3) is 0 Å². The lowest BCUT2D eigenvalue weighted by Gasteiger charge is -2.19. The van der Waals surface area contributed by atoms with Crippen molar-refractivity contribution >= 4 is 34.9 Å². The highest BCUT2D eigenvalue weighted by molar-refractivity contribution is 8.02. The molecule has 0 spiro atoms. The minimum Gasteiger partial charge on any atom is -0.314 e. The van der Waals surface area contributed by atoms with E-state index in [1.165, 1.54) is 31.4 Å². The molecule has 2 unspecified atom stereocenters. The molecule has 2 rings (SSSR count). The van der Waals surface area contributed by atoms with E-state index in [1.54, 1.807) is 23.1 Å². The van der Waals surface area contributed by atoms with E-state index in [9.17, 15) is 0 Å². The summed E-state index contributed by atoms with van der Waals surface area (Å²) in [6, 6.07) is 0.756. The van der Waals surface area contributed by atoms with E-state index < -0.39 is 0 Å². The van der Waals surface area contributed by atoms with Gasteiger partial charge in [-0.2, -0.15) is 0 Å². The van der Waals surface area contributed by atoms with Gasteiger partial charge in [0.05, 0.1) is 0 Å². The summed E-state index contributed by atoms with van der Waals surface area (Å²) in [4.78, 5) is 0. The van der Waals surface area contributed by atoms with Crippen molar-refractivity contribution in [3.63, 3.8) is 0 Å². The first-order valence-corrected chi connectivity index (χ1v) is 9.59. The molecule has 1 aromatic heterocycles. The summed E-state index contributed by atoms with van der Waals surface area (Å²) in [7, 11) is 0. The van der Waals surface area contributed by atoms with Gasteiger partial charge in [0.2, 0.25) is 0 Å². The van der Waals surface area contributed by atoms with Crippen LogP contribution >= 0.6 is 34.9 Å². The van der Waals surface area contributed by atoms with Crippen molar-refractivity contribution in [2.24, 2.45) is 5.92 Å². The van der Waals surface area contributed by atoms with Crippen LogP contribution in [-0.4, -0.2) is 34.8 Å². The third-order valence-electron chi connectivity index (χ3n) is 3.40. The van der Waals surface area contributed by atoms with Crippen LogP contribution in [0.1, 0.15) is 32.6 Å². The zero-order chi connectivity index (χ0) is 12.8. The normalized spacial score (nSPS) is 23.7. The fraction of sp³-hybridized carbons (Fsp3) is 0.833. The first kappa shape index (κ1) is 14.6. The quantitative estimate of drug-likeness (QED) is 0.780. The molecule has 0 saturated heterocycles. The number of nitrogens with one attached hydrogen (secondary N) is 1. The summed E-state index contributed by atoms with van der Waals surface area (Å²) in [6.07, 6.45) is 7.50. The number of nitrogens with zero attached hydrogens (tertiary/aromatic N) is 2. The van der Waals surface area contributed by atoms with Crippen molar-refractivity contribution in [2.75, 3.05) is 18.6 Å². The fourth-order valence-electron chi connectivity index (χ4n) is 2.55. The molecule has 1 aliphatic carbocycles. The minimum absolute atomic E-state index is 0.756. The molecule has 1 heterocycles. The molecule has 0 radical (unpaired) electrons. The van der Waals surface area contributed by atoms with Crippen LogP contribution in [0.2, 0.25) is 0 Å². The van der Waals surface area contributed by atoms with Gasteiger partial charge in [-0.3, -0.25) is 0 Å². The Hall–Kier alpha value is 0.220. The van der Waals surface area contributed by atoms with Crippen molar-refractivity contribution in [1.82, 2.24) is 15.5 Å². The highest BCUT2D eigenvalue weighted by Gasteiger charge is 2.25. The Labute approximate surface area is 122 Å². The molecule has 2 atom stereocenters. The van der Waals surface area contributed by atoms with Crippen molar-refractivity contribution in [2.45, 2.75) is 47.3 Å². The summed E-state index contributed by atoms with van der Waals surface area (Å²) < 4.78 is 2.20. The third kappa shape index (κ3) is 4.11. The Bertz CT molecular complexity index is 356. The summed E-state index contributed by atoms with van der Waals surface area (Å²) in [6.45, 7) is 3.30. The molecule has 1 fully saturated rings. The standard InChI is InChI=1S/C12H21N3S3/c1-3-13-10-6-4-5-9(10)7-8-17-12-15-14-11(16-2)18-12/h9-10,13H,3-8H2,1-2H3. The number of thioether (sulfide) groups is 2. The van der Waals surface area contributed by atoms with E-state index in [0.717, 1.165) is 27.2 Å². The molecule has 0 aromatic carbocycles. The van der Waals surface area contributed by atoms with Crippen LogP contribution in [0.3, 0.4) is 0 Å². The maximum atomic E-state index is 4.20. The maximum Gasteiger partial charge on any atom is 0.175 e. The van der Waals surface area contributed by atoms with E-state index in [2.05, 4.69) is 28.7 Å². The van der Waals surface area contributed by atoms with Crippen LogP contribution in [0.15, 0.2) is 8.68 Å². The number of hydrogen-bond donors (Lipinski definition) is 1. The lowest BCUT2D eigenvalue weighted by atomic mass is 10.0. The highest BCUT2D eigenvalue weighted by Crippen LogP contribution is 2.32. The Morgan fingerprint density at radius 1 is 1.33 bits per heavy atom. The van der Waals surface area contributed by atoms with Crippen LogP contribution in [-0.2, 0) is 0 Å². The molecular formula is C12H21N3S3. The van der Waals surface area contributed by atoms with Crippen molar-refractivity contribution < 1.29 is 0 Å². The van der Waals surface area contributed by atoms with Crippen LogP contribution in [0.4, 0.5) is 0 Å². The number of aromatic nitrogens is 2. The Balaban J connectivity index is 1.71. The van der Waals surface area contributed by atoms with E-state index in [-0.39, 0.29) is 0 Å². The third-order valence-corrected chi connectivity index (χ3v) is 6.47. The molecule has 3 nitrogen and oxygen atoms in total. The first-order valence-electron chi connectivity index (χ1n) is 6.57. The van der Waals surface area contributed by atoms with E-state index in [0.29, 0.717) is 0 Å². The van der Waals surface area contributed by atoms with Crippen molar-refractivity contribution in [3.8, 4) is 0 Å². The number of hydrogen-bond acceptors (Lipinski definition) is 6. The molecule has 102 valence electrons. The molecule has 1 saturated carbocycles. The summed E-state index contributed by atoms with van der Waals surface area (Å²) >= 11 is 5.26. The van der Waals surface area contributed by atoms with Crippen LogP contribution in [0, 0.1) is 5.92 Å². The molecule has 0 amide bonds. The first-order chi connectivity index (χ1) is 8.83. The predicted molar refractivity (Wildman–Crippen MR) is 81.8 cm³/mol. The summed E-state index contributed by atoms with van der Waals surface area (Å²) in [5.41, 5.74) is 0. The second kappa shape index (κ2) is 7.72. The summed E-state index contributed by atoms with van der Waals surface area (Å²) in [5, 5.41) is 11.9. The van der Waals surface area contributed by atoms with E-state index in [1.807, 2.05) is 11.8 Å². The maximum absolute atomic E-state index is 4.20. The average molecular weight is 304 g/mol. The molecular weight excluding hydrogens is 282 g/mol. The molecule has 0 aliphatic heterocycles. The second-order valence-electron chi connectivity index (χ2n) is 4.53. The van der Waals surface area contributed by atoms with Gasteiger partial charge in [0.1, 0.15) is 0 Å². The van der Waals surface area contributed by atoms with E-state index >= 15 is 0 Å². The summed E-state index contributed by atoms with van der Waals surface area (Å²) in [5.74, 6) is 2.04. The molecule has 18 heavy (non-hydrogen) atoms. The van der Waals surface area contributed by atoms with E-state index in [4.69, 9.17) is 0 Å². The van der Waals surface area contributed by atoms with Crippen LogP contribution in [0.5, 0.6) is 0 Å². The highest BCUT2D eigenvalue weighted by atomic mass is 32.2. The van der Waals surface area contributed by atoms with Crippen molar-refractivity contribution in [3.05, 3.63) is 0 Å². The topological polar surface area (TPSA) is 37.8 Å². The molecule has 6 heteroatoms. The Morgan fingerprint density at radius 3 is 2.89 bits per heavy atom. The lowest BCUT2D eigenvalue weighted by molar-refractivity contribution is 0.400.